The van der Waals surface area contributed by atoms with Gasteiger partial charge in [0.1, 0.15) is 11.2 Å². The van der Waals surface area contributed by atoms with Crippen LogP contribution in [0.4, 0.5) is 10.1 Å². The average Bonchev–Trinajstić information content (AvgIpc) is 3.46. The number of imidazole rings is 1. The number of nitrogens with zero attached hydrogens (tertiary/aromatic N) is 3. The van der Waals surface area contributed by atoms with E-state index in [1.807, 2.05) is 4.57 Å². The van der Waals surface area contributed by atoms with Gasteiger partial charge in [-0.1, -0.05) is 62.2 Å². The number of carbonyl (C=O) groups is 1. The van der Waals surface area contributed by atoms with Gasteiger partial charge in [-0.05, 0) is 72.1 Å². The van der Waals surface area contributed by atoms with Crippen molar-refractivity contribution in [3.63, 3.8) is 0 Å². The number of hydrogen-bond donors (Lipinski definition) is 2. The summed E-state index contributed by atoms with van der Waals surface area (Å²) in [6.45, 7) is 6.18. The van der Waals surface area contributed by atoms with Crippen molar-refractivity contribution in [3.05, 3.63) is 104 Å². The zero-order valence-corrected chi connectivity index (χ0v) is 24.7. The number of fused-ring (bicyclic) bond motifs is 3. The highest BCUT2D eigenvalue weighted by molar-refractivity contribution is 7.71. The fourth-order valence-corrected chi connectivity index (χ4v) is 7.31. The lowest BCUT2D eigenvalue weighted by Crippen LogP contribution is -2.44. The lowest BCUT2D eigenvalue weighted by molar-refractivity contribution is -0.122. The van der Waals surface area contributed by atoms with E-state index in [4.69, 9.17) is 35.4 Å². The van der Waals surface area contributed by atoms with Crippen molar-refractivity contribution < 1.29 is 14.3 Å². The van der Waals surface area contributed by atoms with Crippen molar-refractivity contribution >= 4 is 47.0 Å². The Hall–Kier alpha value is -3.64. The number of halogens is 3. The molecule has 3 atom stereocenters. The highest BCUT2D eigenvalue weighted by atomic mass is 35.5. The van der Waals surface area contributed by atoms with E-state index >= 15 is 4.39 Å². The molecule has 0 fully saturated rings. The number of anilines is 1. The van der Waals surface area contributed by atoms with E-state index in [9.17, 15) is 15.2 Å². The van der Waals surface area contributed by atoms with Crippen LogP contribution in [0.25, 0.3) is 5.69 Å². The van der Waals surface area contributed by atoms with Crippen LogP contribution in [0.15, 0.2) is 60.7 Å². The third-order valence-corrected chi connectivity index (χ3v) is 8.97. The Morgan fingerprint density at radius 1 is 1.15 bits per heavy atom. The van der Waals surface area contributed by atoms with Crippen molar-refractivity contribution in [2.75, 3.05) is 5.32 Å². The van der Waals surface area contributed by atoms with Gasteiger partial charge in [-0.15, -0.1) is 0 Å². The maximum absolute atomic E-state index is 16.0. The van der Waals surface area contributed by atoms with E-state index in [0.717, 1.165) is 0 Å². The molecule has 41 heavy (non-hydrogen) atoms. The van der Waals surface area contributed by atoms with Gasteiger partial charge >= 0.3 is 0 Å². The molecule has 1 amide bonds. The van der Waals surface area contributed by atoms with Gasteiger partial charge in [0.15, 0.2) is 4.77 Å². The van der Waals surface area contributed by atoms with Crippen LogP contribution >= 0.6 is 35.4 Å². The minimum atomic E-state index is -1.37. The summed E-state index contributed by atoms with van der Waals surface area (Å²) in [5.74, 6) is -2.21. The first-order valence-electron chi connectivity index (χ1n) is 13.0. The van der Waals surface area contributed by atoms with Crippen LogP contribution in [0.2, 0.25) is 10.0 Å². The Morgan fingerprint density at radius 3 is 2.51 bits per heavy atom. The molecule has 6 nitrogen and oxygen atoms in total. The second-order valence-corrected chi connectivity index (χ2v) is 12.9. The van der Waals surface area contributed by atoms with Gasteiger partial charge in [-0.25, -0.2) is 4.39 Å². The molecule has 0 saturated carbocycles. The van der Waals surface area contributed by atoms with Crippen LogP contribution < -0.4 is 5.32 Å². The van der Waals surface area contributed by atoms with Crippen molar-refractivity contribution in [2.45, 2.75) is 44.6 Å². The zero-order chi connectivity index (χ0) is 29.4. The quantitative estimate of drug-likeness (QED) is 0.231. The molecular formula is C31H25Cl2FN4O2S. The third kappa shape index (κ3) is 3.94. The molecule has 2 aliphatic rings. The summed E-state index contributed by atoms with van der Waals surface area (Å²) >= 11 is 18.6. The number of nitriles is 1. The summed E-state index contributed by atoms with van der Waals surface area (Å²) in [5.41, 5.74) is 0.974. The molecule has 3 heterocycles. The van der Waals surface area contributed by atoms with Gasteiger partial charge in [-0.2, -0.15) is 5.26 Å². The summed E-state index contributed by atoms with van der Waals surface area (Å²) < 4.78 is 19.6. The molecule has 4 aromatic rings. The van der Waals surface area contributed by atoms with Crippen LogP contribution in [0, 0.1) is 27.3 Å². The van der Waals surface area contributed by atoms with Gasteiger partial charge in [0, 0.05) is 16.3 Å². The van der Waals surface area contributed by atoms with Crippen molar-refractivity contribution in [1.82, 2.24) is 9.13 Å². The molecule has 10 heteroatoms. The van der Waals surface area contributed by atoms with E-state index < -0.39 is 23.2 Å². The van der Waals surface area contributed by atoms with Gasteiger partial charge in [0.05, 0.1) is 40.0 Å². The third-order valence-electron chi connectivity index (χ3n) is 8.07. The first kappa shape index (κ1) is 27.5. The van der Waals surface area contributed by atoms with E-state index in [2.05, 4.69) is 32.2 Å². The van der Waals surface area contributed by atoms with Gasteiger partial charge in [0.2, 0.25) is 11.8 Å². The molecule has 0 radical (unpaired) electrons. The number of carbonyl (C=O) groups excluding carboxylic acids is 1. The normalized spacial score (nSPS) is 21.0. The molecule has 2 aliphatic heterocycles. The maximum Gasteiger partial charge on any atom is 0.238 e. The first-order chi connectivity index (χ1) is 19.4. The fourth-order valence-electron chi connectivity index (χ4n) is 6.54. The minimum absolute atomic E-state index is 0.0946. The van der Waals surface area contributed by atoms with Gasteiger partial charge in [0.25, 0.3) is 0 Å². The average molecular weight is 608 g/mol. The molecule has 1 spiro atoms. The van der Waals surface area contributed by atoms with Crippen molar-refractivity contribution in [3.8, 4) is 17.6 Å². The predicted molar refractivity (Wildman–Crippen MR) is 159 cm³/mol. The molecule has 3 aromatic carbocycles. The second-order valence-electron chi connectivity index (χ2n) is 11.7. The van der Waals surface area contributed by atoms with Crippen molar-refractivity contribution in [1.29, 1.82) is 5.26 Å². The Labute approximate surface area is 251 Å². The topological polar surface area (TPSA) is 83.0 Å². The van der Waals surface area contributed by atoms with Crippen LogP contribution in [-0.2, 0) is 10.2 Å². The smallest absolute Gasteiger partial charge is 0.238 e. The number of amides is 1. The molecule has 0 aliphatic carbocycles. The fraction of sp³-hybridized carbons (Fsp3) is 0.258. The number of nitrogens with one attached hydrogen (secondary N) is 1. The highest BCUT2D eigenvalue weighted by Gasteiger charge is 2.65. The Balaban J connectivity index is 1.74. The second kappa shape index (κ2) is 9.45. The minimum Gasteiger partial charge on any atom is -0.493 e. The van der Waals surface area contributed by atoms with E-state index in [0.29, 0.717) is 39.6 Å². The van der Waals surface area contributed by atoms with Crippen LogP contribution in [0.3, 0.4) is 0 Å². The summed E-state index contributed by atoms with van der Waals surface area (Å²) in [6.07, 6.45) is 0.472. The standard InChI is InChI=1S/C31H25Cl2FN4O2S/c1-30(2,3)14-23-31(20-12-9-17(32)13-22(20)36-28(31)40)24(19-5-4-6-21(33)25(19)34)26-27(39)37(29(41)38(23)26)18-10-7-16(15-35)8-11-18/h4-13,23-24,39H,14H2,1-3H3,(H,36,40)/t23-,24-,31+/m0/s1. The molecule has 208 valence electrons. The first-order valence-corrected chi connectivity index (χ1v) is 14.2. The number of aromatic nitrogens is 2. The lowest BCUT2D eigenvalue weighted by Gasteiger charge is -2.38. The Bertz CT molecular complexity index is 1850. The SMILES string of the molecule is CC(C)(C)C[C@@H]1n2c(c(O)n(-c3ccc(C#N)cc3)c2=S)[C@H](c2cccc(Cl)c2F)[C@]12C(=O)Nc1cc(Cl)ccc12. The van der Waals surface area contributed by atoms with E-state index in [1.54, 1.807) is 54.6 Å². The molecule has 0 saturated heterocycles. The lowest BCUT2D eigenvalue weighted by atomic mass is 9.62. The largest absolute Gasteiger partial charge is 0.493 e. The summed E-state index contributed by atoms with van der Waals surface area (Å²) in [7, 11) is 0. The molecule has 0 bridgehead atoms. The van der Waals surface area contributed by atoms with Crippen LogP contribution in [-0.4, -0.2) is 20.1 Å². The zero-order valence-electron chi connectivity index (χ0n) is 22.4. The number of benzene rings is 3. The summed E-state index contributed by atoms with van der Waals surface area (Å²) in [6, 6.07) is 18.0. The molecule has 1 aromatic heterocycles. The summed E-state index contributed by atoms with van der Waals surface area (Å²) in [5, 5.41) is 24.6. The van der Waals surface area contributed by atoms with Crippen LogP contribution in [0.1, 0.15) is 61.5 Å². The maximum atomic E-state index is 16.0. The van der Waals surface area contributed by atoms with Gasteiger partial charge < -0.3 is 15.0 Å². The van der Waals surface area contributed by atoms with Gasteiger partial charge in [-0.3, -0.25) is 9.36 Å². The number of aromatic hydroxyl groups is 1. The predicted octanol–water partition coefficient (Wildman–Crippen LogP) is 8.04. The molecule has 6 rings (SSSR count). The highest BCUT2D eigenvalue weighted by Crippen LogP contribution is 2.65. The monoisotopic (exact) mass is 606 g/mol. The summed E-state index contributed by atoms with van der Waals surface area (Å²) in [4.78, 5) is 14.4. The van der Waals surface area contributed by atoms with E-state index in [1.165, 1.54) is 10.6 Å². The number of hydrogen-bond acceptors (Lipinski definition) is 4. The molecular weight excluding hydrogens is 582 g/mol. The molecule has 2 N–H and O–H groups in total. The van der Waals surface area contributed by atoms with E-state index in [-0.39, 0.29) is 32.6 Å². The Morgan fingerprint density at radius 2 is 1.85 bits per heavy atom. The Kier molecular flexibility index (Phi) is 6.34. The van der Waals surface area contributed by atoms with Crippen molar-refractivity contribution in [2.24, 2.45) is 5.41 Å². The molecule has 0 unspecified atom stereocenters. The van der Waals surface area contributed by atoms with Crippen LogP contribution in [0.5, 0.6) is 5.88 Å². The number of rotatable bonds is 3.